The maximum atomic E-state index is 12.5. The van der Waals surface area contributed by atoms with Crippen LogP contribution in [0.3, 0.4) is 0 Å². The zero-order chi connectivity index (χ0) is 15.6. The minimum Gasteiger partial charge on any atom is -0.207 e. The molecule has 0 fully saturated rings. The van der Waals surface area contributed by atoms with Gasteiger partial charge in [0.1, 0.15) is 0 Å². The fourth-order valence-corrected chi connectivity index (χ4v) is 3.45. The molecule has 112 valence electrons. The van der Waals surface area contributed by atoms with E-state index >= 15 is 0 Å². The van der Waals surface area contributed by atoms with Gasteiger partial charge in [-0.15, -0.1) is 0 Å². The fraction of sp³-hybridized carbons (Fsp3) is 0.500. The van der Waals surface area contributed by atoms with Crippen LogP contribution in [0, 0.1) is 0 Å². The molecule has 0 amide bonds. The molecule has 0 radical (unpaired) electrons. The lowest BCUT2D eigenvalue weighted by molar-refractivity contribution is 0.452. The van der Waals surface area contributed by atoms with E-state index < -0.39 is 10.0 Å². The molecule has 0 heterocycles. The minimum absolute atomic E-state index is 0.0183. The molecule has 4 heteroatoms. The van der Waals surface area contributed by atoms with Gasteiger partial charge in [-0.1, -0.05) is 52.0 Å². The van der Waals surface area contributed by atoms with Crippen LogP contribution in [-0.2, 0) is 15.4 Å². The van der Waals surface area contributed by atoms with E-state index in [4.69, 9.17) is 0 Å². The summed E-state index contributed by atoms with van der Waals surface area (Å²) in [7, 11) is -3.44. The molecule has 0 spiro atoms. The van der Waals surface area contributed by atoms with Crippen LogP contribution >= 0.6 is 0 Å². The molecule has 0 unspecified atom stereocenters. The minimum atomic E-state index is -3.44. The van der Waals surface area contributed by atoms with Gasteiger partial charge in [0.25, 0.3) is 0 Å². The molecule has 3 nitrogen and oxygen atoms in total. The molecule has 0 aliphatic heterocycles. The summed E-state index contributed by atoms with van der Waals surface area (Å²) in [5.41, 5.74) is 1.98. The first-order valence-corrected chi connectivity index (χ1v) is 8.28. The number of nitrogens with zero attached hydrogens (tertiary/aromatic N) is 1. The van der Waals surface area contributed by atoms with Crippen molar-refractivity contribution in [1.29, 1.82) is 0 Å². The molecule has 1 rings (SSSR count). The molecule has 0 saturated heterocycles. The Balaban J connectivity index is 3.12. The highest BCUT2D eigenvalue weighted by molar-refractivity contribution is 7.89. The van der Waals surface area contributed by atoms with Crippen LogP contribution in [0.5, 0.6) is 0 Å². The Hall–Kier alpha value is -1.13. The van der Waals surface area contributed by atoms with Crippen LogP contribution in [0.15, 0.2) is 41.3 Å². The second-order valence-electron chi connectivity index (χ2n) is 6.16. The van der Waals surface area contributed by atoms with Crippen LogP contribution in [0.25, 0.3) is 0 Å². The quantitative estimate of drug-likeness (QED) is 0.779. The lowest BCUT2D eigenvalue weighted by Crippen LogP contribution is -2.32. The molecule has 0 atom stereocenters. The normalized spacial score (nSPS) is 12.7. The summed E-state index contributed by atoms with van der Waals surface area (Å²) >= 11 is 0. The van der Waals surface area contributed by atoms with Gasteiger partial charge in [-0.3, -0.25) is 0 Å². The van der Waals surface area contributed by atoms with Gasteiger partial charge in [-0.25, -0.2) is 8.42 Å². The number of rotatable bonds is 5. The molecule has 0 aliphatic rings. The molecule has 0 N–H and O–H groups in total. The van der Waals surface area contributed by atoms with Crippen molar-refractivity contribution >= 4 is 10.0 Å². The Kier molecular flexibility index (Phi) is 5.16. The summed E-state index contributed by atoms with van der Waals surface area (Å²) in [6, 6.07) is 7.16. The second-order valence-corrected chi connectivity index (χ2v) is 8.10. The zero-order valence-electron chi connectivity index (χ0n) is 13.1. The van der Waals surface area contributed by atoms with Crippen molar-refractivity contribution in [1.82, 2.24) is 4.31 Å². The monoisotopic (exact) mass is 295 g/mol. The maximum absolute atomic E-state index is 12.5. The average Bonchev–Trinajstić information content (AvgIpc) is 2.34. The fourth-order valence-electron chi connectivity index (χ4n) is 1.94. The van der Waals surface area contributed by atoms with Crippen molar-refractivity contribution in [2.45, 2.75) is 44.9 Å². The van der Waals surface area contributed by atoms with Crippen LogP contribution in [0.4, 0.5) is 0 Å². The molecule has 0 saturated carbocycles. The average molecular weight is 295 g/mol. The van der Waals surface area contributed by atoms with E-state index in [1.54, 1.807) is 12.1 Å². The van der Waals surface area contributed by atoms with E-state index in [0.717, 1.165) is 11.1 Å². The van der Waals surface area contributed by atoms with Crippen molar-refractivity contribution in [2.24, 2.45) is 0 Å². The van der Waals surface area contributed by atoms with Gasteiger partial charge in [-0.05, 0) is 30.0 Å². The van der Waals surface area contributed by atoms with Crippen LogP contribution in [-0.4, -0.2) is 25.8 Å². The van der Waals surface area contributed by atoms with Crippen molar-refractivity contribution in [3.63, 3.8) is 0 Å². The molecule has 20 heavy (non-hydrogen) atoms. The Bertz CT molecular complexity index is 565. The van der Waals surface area contributed by atoms with Crippen molar-refractivity contribution in [3.8, 4) is 0 Å². The highest BCUT2D eigenvalue weighted by atomic mass is 32.2. The van der Waals surface area contributed by atoms with Gasteiger partial charge >= 0.3 is 0 Å². The molecule has 0 aliphatic carbocycles. The molecule has 0 bridgehead atoms. The van der Waals surface area contributed by atoms with Gasteiger partial charge in [0.05, 0.1) is 4.90 Å². The first-order chi connectivity index (χ1) is 9.09. The summed E-state index contributed by atoms with van der Waals surface area (Å²) in [5.74, 6) is 0. The number of hydrogen-bond acceptors (Lipinski definition) is 2. The van der Waals surface area contributed by atoms with Crippen molar-refractivity contribution < 1.29 is 8.42 Å². The smallest absolute Gasteiger partial charge is 0.207 e. The van der Waals surface area contributed by atoms with E-state index in [1.807, 2.05) is 26.0 Å². The van der Waals surface area contributed by atoms with Crippen LogP contribution < -0.4 is 0 Å². The lowest BCUT2D eigenvalue weighted by Gasteiger charge is -2.22. The first kappa shape index (κ1) is 16.9. The van der Waals surface area contributed by atoms with Crippen molar-refractivity contribution in [3.05, 3.63) is 42.0 Å². The van der Waals surface area contributed by atoms with E-state index in [9.17, 15) is 8.42 Å². The largest absolute Gasteiger partial charge is 0.243 e. The Morgan fingerprint density at radius 1 is 1.20 bits per heavy atom. The Labute approximate surface area is 123 Å². The Morgan fingerprint density at radius 3 is 2.05 bits per heavy atom. The third kappa shape index (κ3) is 3.93. The summed E-state index contributed by atoms with van der Waals surface area (Å²) in [6.07, 6.45) is 0. The zero-order valence-corrected chi connectivity index (χ0v) is 13.9. The Morgan fingerprint density at radius 2 is 1.70 bits per heavy atom. The summed E-state index contributed by atoms with van der Waals surface area (Å²) in [4.78, 5) is 0.341. The summed E-state index contributed by atoms with van der Waals surface area (Å²) in [5, 5.41) is 0. The standard InChI is InChI=1S/C16H25NO2S/c1-7-17(12-13(2)3)20(18,19)15-10-8-14(9-11-15)16(4,5)6/h8-11H,2,7,12H2,1,3-6H3. The van der Waals surface area contributed by atoms with E-state index in [2.05, 4.69) is 27.4 Å². The predicted molar refractivity (Wildman–Crippen MR) is 84.4 cm³/mol. The third-order valence-corrected chi connectivity index (χ3v) is 5.09. The third-order valence-electron chi connectivity index (χ3n) is 3.16. The van der Waals surface area contributed by atoms with Gasteiger partial charge in [0, 0.05) is 13.1 Å². The van der Waals surface area contributed by atoms with Crippen LogP contribution in [0.1, 0.15) is 40.2 Å². The van der Waals surface area contributed by atoms with E-state index in [-0.39, 0.29) is 5.41 Å². The molecule has 1 aromatic carbocycles. The molecule has 1 aromatic rings. The maximum Gasteiger partial charge on any atom is 0.243 e. The van der Waals surface area contributed by atoms with Gasteiger partial charge < -0.3 is 0 Å². The van der Waals surface area contributed by atoms with E-state index in [1.165, 1.54) is 4.31 Å². The number of sulfonamides is 1. The van der Waals surface area contributed by atoms with Gasteiger partial charge in [-0.2, -0.15) is 4.31 Å². The van der Waals surface area contributed by atoms with Crippen molar-refractivity contribution in [2.75, 3.05) is 13.1 Å². The molecule has 0 aromatic heterocycles. The first-order valence-electron chi connectivity index (χ1n) is 6.84. The predicted octanol–water partition coefficient (Wildman–Crippen LogP) is 3.57. The topological polar surface area (TPSA) is 37.4 Å². The lowest BCUT2D eigenvalue weighted by atomic mass is 9.87. The highest BCUT2D eigenvalue weighted by Crippen LogP contribution is 2.24. The van der Waals surface area contributed by atoms with E-state index in [0.29, 0.717) is 18.0 Å². The number of likely N-dealkylation sites (N-methyl/N-ethyl adjacent to an activating group) is 1. The molecular formula is C16H25NO2S. The molecular weight excluding hydrogens is 270 g/mol. The van der Waals surface area contributed by atoms with Crippen LogP contribution in [0.2, 0.25) is 0 Å². The number of hydrogen-bond donors (Lipinski definition) is 0. The summed E-state index contributed by atoms with van der Waals surface area (Å²) < 4.78 is 26.5. The highest BCUT2D eigenvalue weighted by Gasteiger charge is 2.23. The van der Waals surface area contributed by atoms with Gasteiger partial charge in [0.15, 0.2) is 0 Å². The SMILES string of the molecule is C=C(C)CN(CC)S(=O)(=O)c1ccc(C(C)(C)C)cc1. The summed E-state index contributed by atoms with van der Waals surface area (Å²) in [6.45, 7) is 14.6. The number of benzene rings is 1. The van der Waals surface area contributed by atoms with Gasteiger partial charge in [0.2, 0.25) is 10.0 Å². The second kappa shape index (κ2) is 6.10.